The molecule has 0 bridgehead atoms. The van der Waals surface area contributed by atoms with E-state index in [9.17, 15) is 0 Å². The number of aromatic nitrogens is 4. The lowest BCUT2D eigenvalue weighted by Gasteiger charge is -2.21. The van der Waals surface area contributed by atoms with Gasteiger partial charge in [0.2, 0.25) is 5.13 Å². The highest BCUT2D eigenvalue weighted by atomic mass is 32.1. The monoisotopic (exact) mass is 290 g/mol. The Kier molecular flexibility index (Phi) is 4.05. The van der Waals surface area contributed by atoms with Gasteiger partial charge in [-0.3, -0.25) is 4.98 Å². The van der Waals surface area contributed by atoms with Gasteiger partial charge in [0.05, 0.1) is 6.20 Å². The van der Waals surface area contributed by atoms with Crippen molar-refractivity contribution >= 4 is 22.5 Å². The van der Waals surface area contributed by atoms with Crippen LogP contribution in [0.5, 0.6) is 0 Å². The van der Waals surface area contributed by atoms with Crippen molar-refractivity contribution in [1.29, 1.82) is 0 Å². The molecule has 0 unspecified atom stereocenters. The zero-order chi connectivity index (χ0) is 13.8. The molecule has 2 aromatic rings. The van der Waals surface area contributed by atoms with E-state index in [1.54, 1.807) is 12.4 Å². The van der Waals surface area contributed by atoms with Crippen LogP contribution in [-0.4, -0.2) is 45.5 Å². The van der Waals surface area contributed by atoms with E-state index in [-0.39, 0.29) is 0 Å². The summed E-state index contributed by atoms with van der Waals surface area (Å²) >= 11 is 1.51. The molecule has 6 nitrogen and oxygen atoms in total. The maximum absolute atomic E-state index is 4.58. The Hall–Kier alpha value is -1.76. The van der Waals surface area contributed by atoms with Gasteiger partial charge in [-0.15, -0.1) is 0 Å². The molecular formula is C13H18N6S. The zero-order valence-corrected chi connectivity index (χ0v) is 12.4. The number of anilines is 2. The SMILES string of the molecule is CCc1nsc(N2CCCN(c3cnccn3)CC2)n1. The van der Waals surface area contributed by atoms with Crippen LogP contribution >= 0.6 is 11.5 Å². The molecule has 2 aromatic heterocycles. The summed E-state index contributed by atoms with van der Waals surface area (Å²) in [6.45, 7) is 6.02. The third-order valence-electron chi connectivity index (χ3n) is 3.41. The molecule has 7 heteroatoms. The maximum Gasteiger partial charge on any atom is 0.205 e. The highest BCUT2D eigenvalue weighted by Crippen LogP contribution is 2.20. The lowest BCUT2D eigenvalue weighted by Crippen LogP contribution is -2.31. The van der Waals surface area contributed by atoms with Gasteiger partial charge in [-0.05, 0) is 6.42 Å². The van der Waals surface area contributed by atoms with E-state index in [4.69, 9.17) is 0 Å². The van der Waals surface area contributed by atoms with E-state index < -0.39 is 0 Å². The summed E-state index contributed by atoms with van der Waals surface area (Å²) in [7, 11) is 0. The molecule has 0 amide bonds. The van der Waals surface area contributed by atoms with Crippen molar-refractivity contribution in [3.63, 3.8) is 0 Å². The number of hydrogen-bond donors (Lipinski definition) is 0. The largest absolute Gasteiger partial charge is 0.354 e. The quantitative estimate of drug-likeness (QED) is 0.856. The third-order valence-corrected chi connectivity index (χ3v) is 4.23. The van der Waals surface area contributed by atoms with Gasteiger partial charge in [-0.25, -0.2) is 9.97 Å². The van der Waals surface area contributed by atoms with Crippen molar-refractivity contribution in [3.05, 3.63) is 24.4 Å². The Morgan fingerprint density at radius 2 is 2.00 bits per heavy atom. The number of hydrogen-bond acceptors (Lipinski definition) is 7. The Morgan fingerprint density at radius 1 is 1.15 bits per heavy atom. The molecule has 1 aliphatic heterocycles. The summed E-state index contributed by atoms with van der Waals surface area (Å²) in [6.07, 6.45) is 7.28. The highest BCUT2D eigenvalue weighted by molar-refractivity contribution is 7.09. The van der Waals surface area contributed by atoms with Crippen molar-refractivity contribution in [1.82, 2.24) is 19.3 Å². The Morgan fingerprint density at radius 3 is 2.75 bits per heavy atom. The van der Waals surface area contributed by atoms with Crippen LogP contribution in [0.4, 0.5) is 10.9 Å². The molecule has 1 saturated heterocycles. The van der Waals surface area contributed by atoms with Gasteiger partial charge >= 0.3 is 0 Å². The summed E-state index contributed by atoms with van der Waals surface area (Å²) in [6, 6.07) is 0. The summed E-state index contributed by atoms with van der Waals surface area (Å²) in [4.78, 5) is 17.7. The molecule has 0 radical (unpaired) electrons. The van der Waals surface area contributed by atoms with E-state index in [1.807, 2.05) is 6.20 Å². The molecule has 1 aliphatic rings. The predicted octanol–water partition coefficient (Wildman–Crippen LogP) is 1.61. The fraction of sp³-hybridized carbons (Fsp3) is 0.538. The summed E-state index contributed by atoms with van der Waals surface area (Å²) in [5.41, 5.74) is 0. The molecule has 3 heterocycles. The molecule has 106 valence electrons. The summed E-state index contributed by atoms with van der Waals surface area (Å²) in [5, 5.41) is 1.04. The van der Waals surface area contributed by atoms with Crippen LogP contribution in [0.25, 0.3) is 0 Å². The lowest BCUT2D eigenvalue weighted by atomic mass is 10.4. The minimum Gasteiger partial charge on any atom is -0.354 e. The molecule has 0 spiro atoms. The van der Waals surface area contributed by atoms with Crippen LogP contribution in [0, 0.1) is 0 Å². The second kappa shape index (κ2) is 6.13. The van der Waals surface area contributed by atoms with Crippen LogP contribution < -0.4 is 9.80 Å². The van der Waals surface area contributed by atoms with Gasteiger partial charge < -0.3 is 9.80 Å². The van der Waals surface area contributed by atoms with Crippen molar-refractivity contribution in [2.45, 2.75) is 19.8 Å². The first-order valence-electron chi connectivity index (χ1n) is 6.95. The Balaban J connectivity index is 1.67. The fourth-order valence-corrected chi connectivity index (χ4v) is 3.11. The molecule has 0 aliphatic carbocycles. The maximum atomic E-state index is 4.58. The van der Waals surface area contributed by atoms with Crippen LogP contribution in [0.2, 0.25) is 0 Å². The molecule has 1 fully saturated rings. The Bertz CT molecular complexity index is 543. The smallest absolute Gasteiger partial charge is 0.205 e. The number of nitrogens with zero attached hydrogens (tertiary/aromatic N) is 6. The second-order valence-corrected chi connectivity index (χ2v) is 5.47. The summed E-state index contributed by atoms with van der Waals surface area (Å²) in [5.74, 6) is 1.90. The van der Waals surface area contributed by atoms with Crippen molar-refractivity contribution in [2.24, 2.45) is 0 Å². The van der Waals surface area contributed by atoms with Crippen molar-refractivity contribution in [3.8, 4) is 0 Å². The van der Waals surface area contributed by atoms with Gasteiger partial charge in [0.25, 0.3) is 0 Å². The molecule has 3 rings (SSSR count). The van der Waals surface area contributed by atoms with Crippen molar-refractivity contribution < 1.29 is 0 Å². The first kappa shape index (κ1) is 13.2. The molecule has 20 heavy (non-hydrogen) atoms. The average Bonchev–Trinajstić information content (AvgIpc) is 2.85. The average molecular weight is 290 g/mol. The highest BCUT2D eigenvalue weighted by Gasteiger charge is 2.18. The van der Waals surface area contributed by atoms with Crippen LogP contribution in [0.15, 0.2) is 18.6 Å². The fourth-order valence-electron chi connectivity index (χ4n) is 2.31. The van der Waals surface area contributed by atoms with Crippen LogP contribution in [-0.2, 0) is 6.42 Å². The molecule has 0 saturated carbocycles. The Labute approximate surface area is 122 Å². The second-order valence-electron chi connectivity index (χ2n) is 4.74. The number of rotatable bonds is 3. The minimum atomic E-state index is 0.899. The van der Waals surface area contributed by atoms with E-state index in [2.05, 4.69) is 36.0 Å². The van der Waals surface area contributed by atoms with Crippen molar-refractivity contribution in [2.75, 3.05) is 36.0 Å². The minimum absolute atomic E-state index is 0.899. The van der Waals surface area contributed by atoms with Gasteiger partial charge in [-0.1, -0.05) is 6.92 Å². The first-order valence-corrected chi connectivity index (χ1v) is 7.72. The van der Waals surface area contributed by atoms with Crippen LogP contribution in [0.3, 0.4) is 0 Å². The molecule has 0 atom stereocenters. The standard InChI is InChI=1S/C13H18N6S/c1-2-11-16-13(20-17-11)19-7-3-6-18(8-9-19)12-10-14-4-5-15-12/h4-5,10H,2-3,6-9H2,1H3. The number of aryl methyl sites for hydroxylation is 1. The van der Waals surface area contributed by atoms with Gasteiger partial charge in [0.15, 0.2) is 0 Å². The van der Waals surface area contributed by atoms with Gasteiger partial charge in [-0.2, -0.15) is 4.37 Å². The van der Waals surface area contributed by atoms with E-state index >= 15 is 0 Å². The third kappa shape index (κ3) is 2.87. The van der Waals surface area contributed by atoms with E-state index in [1.165, 1.54) is 11.5 Å². The van der Waals surface area contributed by atoms with Crippen LogP contribution in [0.1, 0.15) is 19.2 Å². The first-order chi connectivity index (χ1) is 9.86. The summed E-state index contributed by atoms with van der Waals surface area (Å²) < 4.78 is 4.37. The lowest BCUT2D eigenvalue weighted by molar-refractivity contribution is 0.794. The zero-order valence-electron chi connectivity index (χ0n) is 11.6. The predicted molar refractivity (Wildman–Crippen MR) is 80.4 cm³/mol. The van der Waals surface area contributed by atoms with Gasteiger partial charge in [0.1, 0.15) is 11.6 Å². The van der Waals surface area contributed by atoms with E-state index in [0.29, 0.717) is 0 Å². The van der Waals surface area contributed by atoms with Gasteiger partial charge in [0, 0.05) is 56.5 Å². The molecule has 0 aromatic carbocycles. The topological polar surface area (TPSA) is 58.0 Å². The molecule has 0 N–H and O–H groups in total. The molecular weight excluding hydrogens is 272 g/mol. The normalized spacial score (nSPS) is 16.2. The van der Waals surface area contributed by atoms with E-state index in [0.717, 1.165) is 55.8 Å².